The van der Waals surface area contributed by atoms with Gasteiger partial charge >= 0.3 is 0 Å². The molecule has 0 radical (unpaired) electrons. The van der Waals surface area contributed by atoms with E-state index in [1.54, 1.807) is 0 Å². The van der Waals surface area contributed by atoms with Crippen molar-refractivity contribution >= 4 is 0 Å². The van der Waals surface area contributed by atoms with Crippen LogP contribution in [0.4, 0.5) is 0 Å². The molecule has 0 amide bonds. The van der Waals surface area contributed by atoms with Crippen molar-refractivity contribution in [1.29, 1.82) is 0 Å². The molecule has 0 aliphatic heterocycles. The van der Waals surface area contributed by atoms with Gasteiger partial charge in [0.05, 0.1) is 0 Å². The fourth-order valence-corrected chi connectivity index (χ4v) is 1.61. The lowest BCUT2D eigenvalue weighted by molar-refractivity contribution is 0.339. The first-order valence-electron chi connectivity index (χ1n) is 5.39. The Hall–Kier alpha value is -0.0800. The summed E-state index contributed by atoms with van der Waals surface area (Å²) in [5.74, 6) is 1.02. The minimum Gasteiger partial charge on any atom is -0.315 e. The SMILES string of the molecule is C1CC(NCCNCC2CC2)C1. The minimum atomic E-state index is 0.854. The first kappa shape index (κ1) is 8.52. The molecule has 0 aromatic rings. The van der Waals surface area contributed by atoms with E-state index in [0.717, 1.165) is 25.0 Å². The third kappa shape index (κ3) is 2.76. The van der Waals surface area contributed by atoms with Gasteiger partial charge in [-0.25, -0.2) is 0 Å². The van der Waals surface area contributed by atoms with Gasteiger partial charge in [-0.3, -0.25) is 0 Å². The second kappa shape index (κ2) is 4.24. The van der Waals surface area contributed by atoms with Gasteiger partial charge in [0, 0.05) is 19.1 Å². The summed E-state index contributed by atoms with van der Waals surface area (Å²) in [6.07, 6.45) is 7.17. The molecule has 70 valence electrons. The summed E-state index contributed by atoms with van der Waals surface area (Å²) < 4.78 is 0. The van der Waals surface area contributed by atoms with Crippen molar-refractivity contribution in [3.63, 3.8) is 0 Å². The van der Waals surface area contributed by atoms with Gasteiger partial charge in [-0.15, -0.1) is 0 Å². The summed E-state index contributed by atoms with van der Waals surface area (Å²) in [6, 6.07) is 0.854. The van der Waals surface area contributed by atoms with E-state index in [1.807, 2.05) is 0 Å². The van der Waals surface area contributed by atoms with Crippen LogP contribution in [0.3, 0.4) is 0 Å². The Morgan fingerprint density at radius 1 is 1.00 bits per heavy atom. The molecule has 2 saturated carbocycles. The van der Waals surface area contributed by atoms with Crippen LogP contribution in [0.15, 0.2) is 0 Å². The van der Waals surface area contributed by atoms with Crippen LogP contribution in [0.5, 0.6) is 0 Å². The van der Waals surface area contributed by atoms with Crippen molar-refractivity contribution in [1.82, 2.24) is 10.6 Å². The maximum absolute atomic E-state index is 3.55. The van der Waals surface area contributed by atoms with Crippen molar-refractivity contribution < 1.29 is 0 Å². The summed E-state index contributed by atoms with van der Waals surface area (Å²) in [5.41, 5.74) is 0. The summed E-state index contributed by atoms with van der Waals surface area (Å²) in [6.45, 7) is 3.58. The predicted octanol–water partition coefficient (Wildman–Crippen LogP) is 1.13. The zero-order valence-corrected chi connectivity index (χ0v) is 7.81. The van der Waals surface area contributed by atoms with Gasteiger partial charge in [-0.2, -0.15) is 0 Å². The lowest BCUT2D eigenvalue weighted by atomic mass is 9.93. The van der Waals surface area contributed by atoms with Gasteiger partial charge < -0.3 is 10.6 Å². The van der Waals surface area contributed by atoms with E-state index in [2.05, 4.69) is 10.6 Å². The lowest BCUT2D eigenvalue weighted by Crippen LogP contribution is -2.39. The van der Waals surface area contributed by atoms with Gasteiger partial charge in [0.15, 0.2) is 0 Å². The molecule has 0 bridgehead atoms. The molecule has 2 aliphatic carbocycles. The van der Waals surface area contributed by atoms with E-state index in [0.29, 0.717) is 0 Å². The number of rotatable bonds is 6. The molecule has 0 spiro atoms. The van der Waals surface area contributed by atoms with Crippen LogP contribution in [-0.2, 0) is 0 Å². The highest BCUT2D eigenvalue weighted by atomic mass is 15.0. The summed E-state index contributed by atoms with van der Waals surface area (Å²) in [7, 11) is 0. The summed E-state index contributed by atoms with van der Waals surface area (Å²) in [5, 5.41) is 7.04. The van der Waals surface area contributed by atoms with E-state index in [1.165, 1.54) is 38.6 Å². The maximum Gasteiger partial charge on any atom is 0.00793 e. The highest BCUT2D eigenvalue weighted by molar-refractivity contribution is 4.77. The molecule has 0 aromatic heterocycles. The molecule has 0 aromatic carbocycles. The number of hydrogen-bond acceptors (Lipinski definition) is 2. The molecule has 12 heavy (non-hydrogen) atoms. The van der Waals surface area contributed by atoms with Crippen molar-refractivity contribution in [2.24, 2.45) is 5.92 Å². The topological polar surface area (TPSA) is 24.1 Å². The number of hydrogen-bond donors (Lipinski definition) is 2. The Kier molecular flexibility index (Phi) is 3.01. The number of nitrogens with one attached hydrogen (secondary N) is 2. The normalized spacial score (nSPS) is 24.0. The van der Waals surface area contributed by atoms with Crippen LogP contribution in [0, 0.1) is 5.92 Å². The fourth-order valence-electron chi connectivity index (χ4n) is 1.61. The third-order valence-corrected chi connectivity index (χ3v) is 2.97. The maximum atomic E-state index is 3.55. The molecule has 2 rings (SSSR count). The zero-order valence-electron chi connectivity index (χ0n) is 7.81. The second-order valence-electron chi connectivity index (χ2n) is 4.23. The summed E-state index contributed by atoms with van der Waals surface area (Å²) >= 11 is 0. The summed E-state index contributed by atoms with van der Waals surface area (Å²) in [4.78, 5) is 0. The molecule has 0 atom stereocenters. The van der Waals surface area contributed by atoms with Crippen LogP contribution in [0.2, 0.25) is 0 Å². The highest BCUT2D eigenvalue weighted by Gasteiger charge is 2.20. The quantitative estimate of drug-likeness (QED) is 0.581. The van der Waals surface area contributed by atoms with E-state index in [4.69, 9.17) is 0 Å². The Bertz CT molecular complexity index is 128. The van der Waals surface area contributed by atoms with E-state index < -0.39 is 0 Å². The Balaban J connectivity index is 1.35. The third-order valence-electron chi connectivity index (χ3n) is 2.97. The zero-order chi connectivity index (χ0) is 8.23. The molecule has 2 N–H and O–H groups in total. The molecule has 0 heterocycles. The first-order valence-corrected chi connectivity index (χ1v) is 5.39. The van der Waals surface area contributed by atoms with Gasteiger partial charge in [-0.1, -0.05) is 6.42 Å². The van der Waals surface area contributed by atoms with Crippen molar-refractivity contribution in [2.45, 2.75) is 38.1 Å². The molecule has 2 fully saturated rings. The van der Waals surface area contributed by atoms with Crippen molar-refractivity contribution in [2.75, 3.05) is 19.6 Å². The van der Waals surface area contributed by atoms with Crippen LogP contribution in [-0.4, -0.2) is 25.7 Å². The van der Waals surface area contributed by atoms with Crippen LogP contribution >= 0.6 is 0 Å². The van der Waals surface area contributed by atoms with E-state index in [-0.39, 0.29) is 0 Å². The average molecular weight is 168 g/mol. The monoisotopic (exact) mass is 168 g/mol. The molecular weight excluding hydrogens is 148 g/mol. The second-order valence-corrected chi connectivity index (χ2v) is 4.23. The first-order chi connectivity index (χ1) is 5.95. The van der Waals surface area contributed by atoms with Crippen LogP contribution < -0.4 is 10.6 Å². The molecule has 2 aliphatic rings. The Labute approximate surface area is 75.1 Å². The Morgan fingerprint density at radius 3 is 2.42 bits per heavy atom. The van der Waals surface area contributed by atoms with Crippen LogP contribution in [0.25, 0.3) is 0 Å². The van der Waals surface area contributed by atoms with E-state index >= 15 is 0 Å². The highest BCUT2D eigenvalue weighted by Crippen LogP contribution is 2.27. The standard InChI is InChI=1S/C10H20N2/c1-2-10(3-1)12-7-6-11-8-9-4-5-9/h9-12H,1-8H2. The van der Waals surface area contributed by atoms with Gasteiger partial charge in [-0.05, 0) is 38.1 Å². The van der Waals surface area contributed by atoms with Gasteiger partial charge in [0.2, 0.25) is 0 Å². The van der Waals surface area contributed by atoms with Gasteiger partial charge in [0.25, 0.3) is 0 Å². The van der Waals surface area contributed by atoms with Gasteiger partial charge in [0.1, 0.15) is 0 Å². The predicted molar refractivity (Wildman–Crippen MR) is 51.2 cm³/mol. The van der Waals surface area contributed by atoms with Crippen LogP contribution in [0.1, 0.15) is 32.1 Å². The van der Waals surface area contributed by atoms with Crippen molar-refractivity contribution in [3.8, 4) is 0 Å². The molecule has 2 nitrogen and oxygen atoms in total. The lowest BCUT2D eigenvalue weighted by Gasteiger charge is -2.26. The Morgan fingerprint density at radius 2 is 1.83 bits per heavy atom. The molecular formula is C10H20N2. The molecule has 0 saturated heterocycles. The molecule has 2 heteroatoms. The van der Waals surface area contributed by atoms with E-state index in [9.17, 15) is 0 Å². The molecule has 0 unspecified atom stereocenters. The smallest absolute Gasteiger partial charge is 0.00793 e. The fraction of sp³-hybridized carbons (Fsp3) is 1.00. The largest absolute Gasteiger partial charge is 0.315 e. The van der Waals surface area contributed by atoms with Crippen molar-refractivity contribution in [3.05, 3.63) is 0 Å². The average Bonchev–Trinajstić information content (AvgIpc) is 2.76. The minimum absolute atomic E-state index is 0.854.